The van der Waals surface area contributed by atoms with Crippen LogP contribution in [-0.4, -0.2) is 44.2 Å². The first-order chi connectivity index (χ1) is 9.24. The van der Waals surface area contributed by atoms with Crippen LogP contribution in [0.2, 0.25) is 0 Å². The Hall–Kier alpha value is -1.89. The van der Waals surface area contributed by atoms with E-state index in [0.717, 1.165) is 18.5 Å². The monoisotopic (exact) mass is 264 g/mol. The van der Waals surface area contributed by atoms with Crippen molar-refractivity contribution in [2.75, 3.05) is 23.8 Å². The van der Waals surface area contributed by atoms with Crippen LogP contribution in [0.1, 0.15) is 26.7 Å². The lowest BCUT2D eigenvalue weighted by Gasteiger charge is -2.14. The van der Waals surface area contributed by atoms with Gasteiger partial charge in [-0.3, -0.25) is 0 Å². The molecule has 1 unspecified atom stereocenters. The van der Waals surface area contributed by atoms with Crippen molar-refractivity contribution >= 4 is 22.9 Å². The molecule has 2 aromatic rings. The molecule has 0 bridgehead atoms. The number of H-pyrrole nitrogens is 1. The van der Waals surface area contributed by atoms with Crippen molar-refractivity contribution in [1.82, 2.24) is 19.9 Å². The summed E-state index contributed by atoms with van der Waals surface area (Å²) in [6.07, 6.45) is 3.27. The average Bonchev–Trinajstić information content (AvgIpc) is 2.85. The number of fused-ring (bicyclic) bond motifs is 1. The summed E-state index contributed by atoms with van der Waals surface area (Å²) in [5, 5.41) is 15.4. The zero-order valence-electron chi connectivity index (χ0n) is 11.3. The van der Waals surface area contributed by atoms with Crippen LogP contribution in [0, 0.1) is 0 Å². The molecule has 7 heteroatoms. The standard InChI is InChI=1S/C12H20N6O/c1-3-5-13-12-17-10-9(14-7-15-10)11(18-12)16-8(2)4-6-19/h7-8,19H,3-6H2,1-2H3,(H3,13,14,15,16,17,18). The van der Waals surface area contributed by atoms with Crippen molar-refractivity contribution in [3.8, 4) is 0 Å². The van der Waals surface area contributed by atoms with Gasteiger partial charge in [0, 0.05) is 19.2 Å². The smallest absolute Gasteiger partial charge is 0.226 e. The Balaban J connectivity index is 2.25. The predicted molar refractivity (Wildman–Crippen MR) is 75.3 cm³/mol. The highest BCUT2D eigenvalue weighted by atomic mass is 16.3. The number of nitrogens with one attached hydrogen (secondary N) is 3. The Labute approximate surface area is 111 Å². The van der Waals surface area contributed by atoms with Crippen LogP contribution in [-0.2, 0) is 0 Å². The molecule has 0 saturated heterocycles. The highest BCUT2D eigenvalue weighted by Crippen LogP contribution is 2.19. The molecule has 2 heterocycles. The lowest BCUT2D eigenvalue weighted by atomic mass is 10.2. The number of rotatable bonds is 7. The highest BCUT2D eigenvalue weighted by Gasteiger charge is 2.11. The molecule has 7 nitrogen and oxygen atoms in total. The van der Waals surface area contributed by atoms with Crippen LogP contribution in [0.15, 0.2) is 6.33 Å². The first kappa shape index (κ1) is 13.5. The Kier molecular flexibility index (Phi) is 4.51. The number of imidazole rings is 1. The molecule has 4 N–H and O–H groups in total. The van der Waals surface area contributed by atoms with E-state index in [4.69, 9.17) is 5.11 Å². The van der Waals surface area contributed by atoms with Crippen LogP contribution in [0.3, 0.4) is 0 Å². The van der Waals surface area contributed by atoms with E-state index in [1.165, 1.54) is 0 Å². The summed E-state index contributed by atoms with van der Waals surface area (Å²) in [4.78, 5) is 16.0. The number of hydrogen-bond donors (Lipinski definition) is 4. The normalized spacial score (nSPS) is 12.6. The molecule has 104 valence electrons. The summed E-state index contributed by atoms with van der Waals surface area (Å²) in [7, 11) is 0. The third-order valence-electron chi connectivity index (χ3n) is 2.76. The molecule has 0 aromatic carbocycles. The van der Waals surface area contributed by atoms with E-state index < -0.39 is 0 Å². The van der Waals surface area contributed by atoms with Crippen molar-refractivity contribution in [3.05, 3.63) is 6.33 Å². The molecule has 2 rings (SSSR count). The number of aliphatic hydroxyl groups is 1. The van der Waals surface area contributed by atoms with Crippen LogP contribution in [0.25, 0.3) is 11.2 Å². The average molecular weight is 264 g/mol. The Bertz CT molecular complexity index is 526. The molecule has 0 radical (unpaired) electrons. The second kappa shape index (κ2) is 6.33. The molecule has 0 aliphatic heterocycles. The van der Waals surface area contributed by atoms with Crippen molar-refractivity contribution in [1.29, 1.82) is 0 Å². The molecule has 0 spiro atoms. The highest BCUT2D eigenvalue weighted by molar-refractivity contribution is 5.83. The van der Waals surface area contributed by atoms with Crippen molar-refractivity contribution in [3.63, 3.8) is 0 Å². The summed E-state index contributed by atoms with van der Waals surface area (Å²) >= 11 is 0. The van der Waals surface area contributed by atoms with Crippen LogP contribution >= 0.6 is 0 Å². The summed E-state index contributed by atoms with van der Waals surface area (Å²) in [6, 6.07) is 0.130. The van der Waals surface area contributed by atoms with Gasteiger partial charge in [-0.25, -0.2) is 4.98 Å². The van der Waals surface area contributed by atoms with Gasteiger partial charge in [0.2, 0.25) is 5.95 Å². The fourth-order valence-electron chi connectivity index (χ4n) is 1.75. The molecule has 0 fully saturated rings. The Morgan fingerprint density at radius 2 is 2.26 bits per heavy atom. The molecule has 0 amide bonds. The third-order valence-corrected chi connectivity index (χ3v) is 2.76. The molecular weight excluding hydrogens is 244 g/mol. The number of aromatic nitrogens is 4. The van der Waals surface area contributed by atoms with Gasteiger partial charge in [0.05, 0.1) is 6.33 Å². The second-order valence-electron chi connectivity index (χ2n) is 4.48. The van der Waals surface area contributed by atoms with Gasteiger partial charge in [-0.2, -0.15) is 9.97 Å². The van der Waals surface area contributed by atoms with E-state index >= 15 is 0 Å². The molecule has 2 aromatic heterocycles. The topological polar surface area (TPSA) is 98.8 Å². The molecular formula is C12H20N6O. The van der Waals surface area contributed by atoms with Gasteiger partial charge in [0.1, 0.15) is 5.52 Å². The minimum absolute atomic E-state index is 0.130. The lowest BCUT2D eigenvalue weighted by Crippen LogP contribution is -2.18. The summed E-state index contributed by atoms with van der Waals surface area (Å²) in [5.41, 5.74) is 1.42. The first-order valence-electron chi connectivity index (χ1n) is 6.57. The van der Waals surface area contributed by atoms with Crippen LogP contribution < -0.4 is 10.6 Å². The maximum Gasteiger partial charge on any atom is 0.226 e. The quantitative estimate of drug-likeness (QED) is 0.602. The van der Waals surface area contributed by atoms with Gasteiger partial charge >= 0.3 is 0 Å². The van der Waals surface area contributed by atoms with Gasteiger partial charge < -0.3 is 20.7 Å². The summed E-state index contributed by atoms with van der Waals surface area (Å²) in [5.74, 6) is 1.28. The maximum absolute atomic E-state index is 8.95. The van der Waals surface area contributed by atoms with Gasteiger partial charge in [-0.05, 0) is 19.8 Å². The van der Waals surface area contributed by atoms with Crippen molar-refractivity contribution in [2.45, 2.75) is 32.7 Å². The molecule has 0 aliphatic rings. The van der Waals surface area contributed by atoms with Gasteiger partial charge in [-0.1, -0.05) is 6.92 Å². The molecule has 1 atom stereocenters. The summed E-state index contributed by atoms with van der Waals surface area (Å²) < 4.78 is 0. The maximum atomic E-state index is 8.95. The van der Waals surface area contributed by atoms with E-state index in [1.54, 1.807) is 6.33 Å². The van der Waals surface area contributed by atoms with E-state index in [-0.39, 0.29) is 12.6 Å². The SMILES string of the molecule is CCCNc1nc(NC(C)CCO)c2[nH]cnc2n1. The number of anilines is 2. The third kappa shape index (κ3) is 3.31. The zero-order valence-corrected chi connectivity index (χ0v) is 11.3. The first-order valence-corrected chi connectivity index (χ1v) is 6.57. The Morgan fingerprint density at radius 1 is 1.42 bits per heavy atom. The largest absolute Gasteiger partial charge is 0.396 e. The second-order valence-corrected chi connectivity index (χ2v) is 4.48. The van der Waals surface area contributed by atoms with Gasteiger partial charge in [0.25, 0.3) is 0 Å². The van der Waals surface area contributed by atoms with Crippen LogP contribution in [0.5, 0.6) is 0 Å². The minimum Gasteiger partial charge on any atom is -0.396 e. The van der Waals surface area contributed by atoms with Crippen LogP contribution in [0.4, 0.5) is 11.8 Å². The van der Waals surface area contributed by atoms with Gasteiger partial charge in [0.15, 0.2) is 11.5 Å². The fraction of sp³-hybridized carbons (Fsp3) is 0.583. The van der Waals surface area contributed by atoms with Gasteiger partial charge in [-0.15, -0.1) is 0 Å². The molecule has 0 aliphatic carbocycles. The Morgan fingerprint density at radius 3 is 3.00 bits per heavy atom. The number of hydrogen-bond acceptors (Lipinski definition) is 6. The number of aliphatic hydroxyl groups excluding tert-OH is 1. The van der Waals surface area contributed by atoms with E-state index in [1.807, 2.05) is 6.92 Å². The lowest BCUT2D eigenvalue weighted by molar-refractivity contribution is 0.282. The number of aromatic amines is 1. The molecule has 0 saturated carbocycles. The van der Waals surface area contributed by atoms with E-state index in [2.05, 4.69) is 37.5 Å². The summed E-state index contributed by atoms with van der Waals surface area (Å²) in [6.45, 7) is 5.05. The van der Waals surface area contributed by atoms with E-state index in [0.29, 0.717) is 23.8 Å². The van der Waals surface area contributed by atoms with Crippen molar-refractivity contribution < 1.29 is 5.11 Å². The zero-order chi connectivity index (χ0) is 13.7. The predicted octanol–water partition coefficient (Wildman–Crippen LogP) is 1.36. The fourth-order valence-corrected chi connectivity index (χ4v) is 1.75. The molecule has 19 heavy (non-hydrogen) atoms. The number of nitrogens with zero attached hydrogens (tertiary/aromatic N) is 3. The van der Waals surface area contributed by atoms with E-state index in [9.17, 15) is 0 Å². The minimum atomic E-state index is 0.130. The van der Waals surface area contributed by atoms with Crippen molar-refractivity contribution in [2.24, 2.45) is 0 Å².